The van der Waals surface area contributed by atoms with Crippen molar-refractivity contribution < 1.29 is 52.1 Å². The van der Waals surface area contributed by atoms with Crippen LogP contribution in [0.15, 0.2) is 63.3 Å². The van der Waals surface area contributed by atoms with Crippen molar-refractivity contribution in [2.24, 2.45) is 21.8 Å². The molecule has 0 aliphatic carbocycles. The fourth-order valence-electron chi connectivity index (χ4n) is 6.48. The Hall–Kier alpha value is -6.34. The molecule has 2 aliphatic rings. The lowest BCUT2D eigenvalue weighted by molar-refractivity contribution is -0.142. The molecule has 3 heterocycles. The lowest BCUT2D eigenvalue weighted by Crippen LogP contribution is -2.41. The van der Waals surface area contributed by atoms with Gasteiger partial charge in [0, 0.05) is 22.6 Å². The molecule has 2 aliphatic heterocycles. The molecule has 2 amide bonds. The minimum Gasteiger partial charge on any atom is -0.478 e. The first-order valence-electron chi connectivity index (χ1n) is 20.4. The van der Waals surface area contributed by atoms with Crippen LogP contribution in [0.2, 0.25) is 5.02 Å². The van der Waals surface area contributed by atoms with Gasteiger partial charge in [-0.15, -0.1) is 16.7 Å². The minimum absolute atomic E-state index is 0.0260. The molecule has 66 heavy (non-hydrogen) atoms. The second-order valence-electron chi connectivity index (χ2n) is 16.3. The number of nitrogens with zero attached hydrogens (tertiary/aromatic N) is 5. The SMILES string of the molecule is CCOC(=O)C(Cl)Cc1cc(-n2nc(C)n(C(F)F)c2=O)c(F)cc1Cl.Cc1ccc(C(=O)O)c(C2=NC(C)(C(C)C)C(=O)N2)c1.Cc1ccc(C2=NC(C)(C(C)C)C(=O)N2)c(C(=O)O)c1. The first-order chi connectivity index (χ1) is 30.7. The number of carbonyl (C=O) groups excluding carboxylic acids is 3. The van der Waals surface area contributed by atoms with E-state index in [4.69, 9.17) is 27.9 Å². The molecule has 3 atom stereocenters. The van der Waals surface area contributed by atoms with Gasteiger partial charge >= 0.3 is 30.1 Å². The molecule has 0 radical (unpaired) electrons. The fraction of sp³-hybridized carbons (Fsp3) is 0.400. The maximum absolute atomic E-state index is 14.2. The van der Waals surface area contributed by atoms with E-state index < -0.39 is 52.4 Å². The number of carbonyl (C=O) groups is 5. The number of carboxylic acid groups (broad SMARTS) is 2. The van der Waals surface area contributed by atoms with Crippen molar-refractivity contribution >= 4 is 64.6 Å². The summed E-state index contributed by atoms with van der Waals surface area (Å²) in [5.74, 6) is -3.64. The van der Waals surface area contributed by atoms with Gasteiger partial charge in [-0.05, 0) is 89.3 Å². The summed E-state index contributed by atoms with van der Waals surface area (Å²) in [5.41, 5.74) is -0.113. The average Bonchev–Trinajstić information content (AvgIpc) is 3.84. The number of aliphatic imine (C=N–C) groups is 2. The van der Waals surface area contributed by atoms with E-state index in [0.717, 1.165) is 23.3 Å². The van der Waals surface area contributed by atoms with Crippen LogP contribution in [0.4, 0.5) is 13.2 Å². The number of halogens is 5. The first-order valence-corrected chi connectivity index (χ1v) is 21.3. The molecule has 0 bridgehead atoms. The third kappa shape index (κ3) is 11.2. The van der Waals surface area contributed by atoms with Crippen LogP contribution in [0.25, 0.3) is 5.69 Å². The molecule has 4 aromatic rings. The van der Waals surface area contributed by atoms with Crippen molar-refractivity contribution in [2.75, 3.05) is 6.61 Å². The molecule has 0 saturated heterocycles. The Morgan fingerprint density at radius 2 is 1.32 bits per heavy atom. The van der Waals surface area contributed by atoms with Crippen LogP contribution in [-0.2, 0) is 25.5 Å². The Bertz CT molecular complexity index is 2700. The lowest BCUT2D eigenvalue weighted by atomic mass is 9.89. The summed E-state index contributed by atoms with van der Waals surface area (Å²) in [6.45, 7) is 14.7. The maximum atomic E-state index is 14.2. The maximum Gasteiger partial charge on any atom is 0.355 e. The Morgan fingerprint density at radius 3 is 1.79 bits per heavy atom. The van der Waals surface area contributed by atoms with Crippen LogP contribution >= 0.6 is 23.2 Å². The summed E-state index contributed by atoms with van der Waals surface area (Å²) in [5, 5.41) is 26.5. The highest BCUT2D eigenvalue weighted by molar-refractivity contribution is 6.32. The van der Waals surface area contributed by atoms with Gasteiger partial charge in [-0.3, -0.25) is 24.4 Å². The second-order valence-corrected chi connectivity index (χ2v) is 17.3. The predicted octanol–water partition coefficient (Wildman–Crippen LogP) is 7.21. The van der Waals surface area contributed by atoms with E-state index in [2.05, 4.69) is 25.7 Å². The summed E-state index contributed by atoms with van der Waals surface area (Å²) >= 11 is 11.9. The van der Waals surface area contributed by atoms with Gasteiger partial charge in [-0.1, -0.05) is 68.6 Å². The summed E-state index contributed by atoms with van der Waals surface area (Å²) in [7, 11) is 0. The number of aromatic nitrogens is 3. The molecule has 354 valence electrons. The van der Waals surface area contributed by atoms with Crippen molar-refractivity contribution in [3.63, 3.8) is 0 Å². The van der Waals surface area contributed by atoms with E-state index in [9.17, 15) is 52.2 Å². The molecule has 1 aromatic heterocycles. The van der Waals surface area contributed by atoms with Crippen LogP contribution in [0.3, 0.4) is 0 Å². The van der Waals surface area contributed by atoms with Gasteiger partial charge in [0.15, 0.2) is 5.82 Å². The zero-order chi connectivity index (χ0) is 49.7. The standard InChI is InChI=1S/C15H14Cl2F3N3O3.2C15H18N2O3/c1-3-26-13(24)10(17)4-8-5-12(11(18)6-9(8)16)23-15(25)22(14(19)20)7(2)21-23;1-8(2)15(4)14(20)16-12(17-15)11-7-9(3)5-6-10(11)13(18)19;1-8(2)15(4)14(20)16-12(17-15)10-6-5-9(3)7-11(10)13(18)19/h5-6,10,14H,3-4H2,1-2H3;2*5-8H,1-4H3,(H,18,19)(H,16,17,20). The molecule has 4 N–H and O–H groups in total. The van der Waals surface area contributed by atoms with Crippen LogP contribution < -0.4 is 16.3 Å². The Kier molecular flexibility index (Phi) is 16.5. The smallest absolute Gasteiger partial charge is 0.355 e. The largest absolute Gasteiger partial charge is 0.478 e. The first kappa shape index (κ1) is 52.3. The molecule has 16 nitrogen and oxygen atoms in total. The molecular weight excluding hydrogens is 910 g/mol. The van der Waals surface area contributed by atoms with E-state index in [1.165, 1.54) is 13.0 Å². The van der Waals surface area contributed by atoms with Gasteiger partial charge in [-0.25, -0.2) is 23.3 Å². The second kappa shape index (κ2) is 20.9. The average molecular weight is 961 g/mol. The van der Waals surface area contributed by atoms with Gasteiger partial charge in [-0.2, -0.15) is 13.5 Å². The third-order valence-corrected chi connectivity index (χ3v) is 11.8. The van der Waals surface area contributed by atoms with Crippen molar-refractivity contribution in [3.05, 3.63) is 115 Å². The van der Waals surface area contributed by atoms with Gasteiger partial charge in [0.25, 0.3) is 11.8 Å². The lowest BCUT2D eigenvalue weighted by Gasteiger charge is -2.21. The third-order valence-electron chi connectivity index (χ3n) is 11.1. The van der Waals surface area contributed by atoms with Crippen molar-refractivity contribution in [1.29, 1.82) is 0 Å². The number of alkyl halides is 3. The number of aryl methyl sites for hydroxylation is 3. The van der Waals surface area contributed by atoms with E-state index >= 15 is 0 Å². The topological polar surface area (TPSA) is 224 Å². The van der Waals surface area contributed by atoms with Crippen molar-refractivity contribution in [1.82, 2.24) is 25.0 Å². The zero-order valence-electron chi connectivity index (χ0n) is 37.7. The number of amidine groups is 2. The van der Waals surface area contributed by atoms with Crippen molar-refractivity contribution in [2.45, 2.75) is 98.7 Å². The number of ether oxygens (including phenoxy) is 1. The van der Waals surface area contributed by atoms with E-state index in [0.29, 0.717) is 27.5 Å². The molecule has 0 fully saturated rings. The van der Waals surface area contributed by atoms with Crippen LogP contribution in [0.1, 0.15) is 109 Å². The quantitative estimate of drug-likeness (QED) is 0.0825. The highest BCUT2D eigenvalue weighted by Gasteiger charge is 2.44. The van der Waals surface area contributed by atoms with Gasteiger partial charge in [0.1, 0.15) is 39.6 Å². The molecule has 6 rings (SSSR count). The van der Waals surface area contributed by atoms with Gasteiger partial charge < -0.3 is 25.6 Å². The summed E-state index contributed by atoms with van der Waals surface area (Å²) in [4.78, 5) is 79.4. The van der Waals surface area contributed by atoms with Crippen LogP contribution in [-0.4, -0.2) is 89.0 Å². The summed E-state index contributed by atoms with van der Waals surface area (Å²) in [6, 6.07) is 12.1. The number of esters is 1. The Labute approximate surface area is 387 Å². The summed E-state index contributed by atoms with van der Waals surface area (Å²) < 4.78 is 45.5. The number of nitrogens with one attached hydrogen (secondary N) is 2. The van der Waals surface area contributed by atoms with Gasteiger partial charge in [0.05, 0.1) is 17.7 Å². The predicted molar refractivity (Wildman–Crippen MR) is 241 cm³/mol. The number of hydrogen-bond acceptors (Lipinski definition) is 10. The van der Waals surface area contributed by atoms with Crippen molar-refractivity contribution in [3.8, 4) is 5.69 Å². The number of amides is 2. The monoisotopic (exact) mass is 959 g/mol. The Balaban J connectivity index is 0.000000219. The highest BCUT2D eigenvalue weighted by Crippen LogP contribution is 2.30. The minimum atomic E-state index is -3.12. The number of hydrogen-bond donors (Lipinski definition) is 4. The molecule has 0 saturated carbocycles. The molecule has 3 aromatic carbocycles. The summed E-state index contributed by atoms with van der Waals surface area (Å²) in [6.07, 6.45) is -0.115. The zero-order valence-corrected chi connectivity index (χ0v) is 39.2. The number of carboxylic acids is 2. The normalized spacial score (nSPS) is 18.2. The molecule has 0 spiro atoms. The number of rotatable bonds is 12. The van der Waals surface area contributed by atoms with E-state index in [1.807, 2.05) is 47.6 Å². The molecule has 3 unspecified atom stereocenters. The van der Waals surface area contributed by atoms with E-state index in [1.54, 1.807) is 45.0 Å². The Morgan fingerprint density at radius 1 is 0.803 bits per heavy atom. The van der Waals surface area contributed by atoms with Crippen LogP contribution in [0.5, 0.6) is 0 Å². The number of aromatic carboxylic acids is 2. The molecule has 21 heteroatoms. The van der Waals surface area contributed by atoms with E-state index in [-0.39, 0.29) is 74.5 Å². The highest BCUT2D eigenvalue weighted by atomic mass is 35.5. The molecular formula is C45H50Cl2F3N7O9. The fourth-order valence-corrected chi connectivity index (χ4v) is 6.93. The van der Waals surface area contributed by atoms with Crippen LogP contribution in [0, 0.1) is 38.4 Å². The number of benzene rings is 3. The van der Waals surface area contributed by atoms with Gasteiger partial charge in [0.2, 0.25) is 0 Å².